The minimum absolute atomic E-state index is 0.00742. The Hall–Kier alpha value is -1.88. The zero-order chi connectivity index (χ0) is 17.1. The van der Waals surface area contributed by atoms with Crippen LogP contribution in [0.25, 0.3) is 0 Å². The van der Waals surface area contributed by atoms with Crippen molar-refractivity contribution in [2.45, 2.75) is 45.6 Å². The Bertz CT molecular complexity index is 621. The van der Waals surface area contributed by atoms with Gasteiger partial charge in [0.25, 0.3) is 5.91 Å². The minimum atomic E-state index is 0.00742. The highest BCUT2D eigenvalue weighted by Crippen LogP contribution is 2.29. The number of carbonyl (C=O) groups excluding carboxylic acids is 2. The maximum atomic E-state index is 12.5. The molecular weight excluding hydrogens is 302 g/mol. The molecule has 1 saturated heterocycles. The normalized spacial score (nSPS) is 18.5. The van der Waals surface area contributed by atoms with E-state index >= 15 is 0 Å². The largest absolute Gasteiger partial charge is 0.349 e. The quantitative estimate of drug-likeness (QED) is 0.921. The van der Waals surface area contributed by atoms with Crippen molar-refractivity contribution in [3.63, 3.8) is 0 Å². The third kappa shape index (κ3) is 3.61. The van der Waals surface area contributed by atoms with Gasteiger partial charge in [-0.1, -0.05) is 6.92 Å². The van der Waals surface area contributed by atoms with Crippen LogP contribution in [-0.4, -0.2) is 48.9 Å². The van der Waals surface area contributed by atoms with Crippen LogP contribution >= 0.6 is 0 Å². The summed E-state index contributed by atoms with van der Waals surface area (Å²) in [6, 6.07) is 5.96. The summed E-state index contributed by atoms with van der Waals surface area (Å²) in [4.78, 5) is 28.4. The van der Waals surface area contributed by atoms with E-state index in [4.69, 9.17) is 0 Å². The topological polar surface area (TPSA) is 52.7 Å². The second kappa shape index (κ2) is 7.34. The summed E-state index contributed by atoms with van der Waals surface area (Å²) in [5.41, 5.74) is 2.75. The number of amides is 2. The summed E-state index contributed by atoms with van der Waals surface area (Å²) in [5.74, 6) is 0.0674. The Labute approximate surface area is 144 Å². The van der Waals surface area contributed by atoms with Crippen LogP contribution < -0.4 is 10.2 Å². The van der Waals surface area contributed by atoms with Crippen molar-refractivity contribution in [3.8, 4) is 0 Å². The predicted molar refractivity (Wildman–Crippen MR) is 95.4 cm³/mol. The molecule has 0 unspecified atom stereocenters. The van der Waals surface area contributed by atoms with E-state index in [0.29, 0.717) is 12.1 Å². The van der Waals surface area contributed by atoms with E-state index in [0.717, 1.165) is 50.1 Å². The van der Waals surface area contributed by atoms with Crippen LogP contribution in [-0.2, 0) is 11.2 Å². The Morgan fingerprint density at radius 2 is 1.96 bits per heavy atom. The molecule has 0 spiro atoms. The molecule has 130 valence electrons. The van der Waals surface area contributed by atoms with Crippen LogP contribution in [0.4, 0.5) is 5.69 Å². The van der Waals surface area contributed by atoms with Gasteiger partial charge in [-0.3, -0.25) is 9.59 Å². The molecule has 1 fully saturated rings. The highest BCUT2D eigenvalue weighted by molar-refractivity contribution is 5.98. The maximum absolute atomic E-state index is 12.5. The summed E-state index contributed by atoms with van der Waals surface area (Å²) >= 11 is 0. The Balaban J connectivity index is 1.60. The van der Waals surface area contributed by atoms with Gasteiger partial charge in [0.15, 0.2) is 0 Å². The van der Waals surface area contributed by atoms with Gasteiger partial charge in [-0.25, -0.2) is 0 Å². The Kier molecular flexibility index (Phi) is 5.19. The molecule has 1 aromatic carbocycles. The summed E-state index contributed by atoms with van der Waals surface area (Å²) in [7, 11) is 0. The summed E-state index contributed by atoms with van der Waals surface area (Å²) in [6.45, 7) is 7.78. The number of nitrogens with one attached hydrogen (secondary N) is 1. The maximum Gasteiger partial charge on any atom is 0.251 e. The average Bonchev–Trinajstić information content (AvgIpc) is 3.00. The third-order valence-corrected chi connectivity index (χ3v) is 5.08. The van der Waals surface area contributed by atoms with Crippen molar-refractivity contribution in [3.05, 3.63) is 29.3 Å². The van der Waals surface area contributed by atoms with E-state index in [-0.39, 0.29) is 17.9 Å². The van der Waals surface area contributed by atoms with Crippen molar-refractivity contribution < 1.29 is 9.59 Å². The highest BCUT2D eigenvalue weighted by atomic mass is 16.2. The van der Waals surface area contributed by atoms with Gasteiger partial charge in [0.05, 0.1) is 0 Å². The van der Waals surface area contributed by atoms with Crippen molar-refractivity contribution in [1.29, 1.82) is 0 Å². The first kappa shape index (κ1) is 17.0. The summed E-state index contributed by atoms with van der Waals surface area (Å²) in [5, 5.41) is 3.18. The lowest BCUT2D eigenvalue weighted by Gasteiger charge is -2.32. The van der Waals surface area contributed by atoms with Crippen LogP contribution in [0.3, 0.4) is 0 Å². The van der Waals surface area contributed by atoms with Crippen LogP contribution in [0, 0.1) is 0 Å². The second-order valence-corrected chi connectivity index (χ2v) is 6.85. The minimum Gasteiger partial charge on any atom is -0.349 e. The van der Waals surface area contributed by atoms with Crippen molar-refractivity contribution in [1.82, 2.24) is 10.2 Å². The lowest BCUT2D eigenvalue weighted by molar-refractivity contribution is -0.116. The number of hydrogen-bond donors (Lipinski definition) is 1. The highest BCUT2D eigenvalue weighted by Gasteiger charge is 2.24. The Morgan fingerprint density at radius 1 is 1.21 bits per heavy atom. The van der Waals surface area contributed by atoms with Gasteiger partial charge in [0.1, 0.15) is 0 Å². The van der Waals surface area contributed by atoms with Crippen molar-refractivity contribution in [2.24, 2.45) is 0 Å². The standard InChI is InChI=1S/C19H27N3O2/c1-3-9-21-10-7-17(8-11-21)20-19(24)16-4-5-18-15(13-16)6-12-22(18)14(2)23/h4-5,13,17H,3,6-12H2,1-2H3,(H,20,24). The predicted octanol–water partition coefficient (Wildman–Crippen LogP) is 2.20. The van der Waals surface area contributed by atoms with E-state index in [9.17, 15) is 9.59 Å². The van der Waals surface area contributed by atoms with Crippen LogP contribution in [0.15, 0.2) is 18.2 Å². The molecule has 2 aliphatic heterocycles. The van der Waals surface area contributed by atoms with Crippen molar-refractivity contribution in [2.75, 3.05) is 31.1 Å². The molecule has 0 saturated carbocycles. The fourth-order valence-corrected chi connectivity index (χ4v) is 3.76. The van der Waals surface area contributed by atoms with Gasteiger partial charge < -0.3 is 15.1 Å². The number of rotatable bonds is 4. The summed E-state index contributed by atoms with van der Waals surface area (Å²) in [6.07, 6.45) is 4.05. The molecule has 5 heteroatoms. The van der Waals surface area contributed by atoms with Crippen LogP contribution in [0.1, 0.15) is 49.0 Å². The Morgan fingerprint density at radius 3 is 2.62 bits per heavy atom. The molecule has 0 bridgehead atoms. The first-order valence-electron chi connectivity index (χ1n) is 9.02. The zero-order valence-corrected chi connectivity index (χ0v) is 14.7. The number of fused-ring (bicyclic) bond motifs is 1. The first-order chi connectivity index (χ1) is 11.6. The van der Waals surface area contributed by atoms with E-state index in [1.165, 1.54) is 6.42 Å². The van der Waals surface area contributed by atoms with E-state index in [2.05, 4.69) is 17.1 Å². The lowest BCUT2D eigenvalue weighted by atomic mass is 10.0. The number of hydrogen-bond acceptors (Lipinski definition) is 3. The average molecular weight is 329 g/mol. The number of anilines is 1. The third-order valence-electron chi connectivity index (χ3n) is 5.08. The molecule has 5 nitrogen and oxygen atoms in total. The monoisotopic (exact) mass is 329 g/mol. The van der Waals surface area contributed by atoms with E-state index in [1.54, 1.807) is 11.8 Å². The van der Waals surface area contributed by atoms with Gasteiger partial charge in [-0.2, -0.15) is 0 Å². The second-order valence-electron chi connectivity index (χ2n) is 6.85. The smallest absolute Gasteiger partial charge is 0.251 e. The SMILES string of the molecule is CCCN1CCC(NC(=O)c2ccc3c(c2)CCN3C(C)=O)CC1. The molecule has 3 rings (SSSR count). The molecular formula is C19H27N3O2. The van der Waals surface area contributed by atoms with Gasteiger partial charge in [0, 0.05) is 43.9 Å². The van der Waals surface area contributed by atoms with Crippen LogP contribution in [0.2, 0.25) is 0 Å². The fraction of sp³-hybridized carbons (Fsp3) is 0.579. The number of benzene rings is 1. The van der Waals surface area contributed by atoms with Gasteiger partial charge in [-0.15, -0.1) is 0 Å². The molecule has 0 radical (unpaired) electrons. The first-order valence-corrected chi connectivity index (χ1v) is 9.02. The molecule has 1 N–H and O–H groups in total. The lowest BCUT2D eigenvalue weighted by Crippen LogP contribution is -2.44. The molecule has 0 atom stereocenters. The summed E-state index contributed by atoms with van der Waals surface area (Å²) < 4.78 is 0. The van der Waals surface area contributed by atoms with E-state index < -0.39 is 0 Å². The van der Waals surface area contributed by atoms with Gasteiger partial charge >= 0.3 is 0 Å². The van der Waals surface area contributed by atoms with Gasteiger partial charge in [-0.05, 0) is 56.0 Å². The number of likely N-dealkylation sites (tertiary alicyclic amines) is 1. The van der Waals surface area contributed by atoms with Crippen molar-refractivity contribution >= 4 is 17.5 Å². The van der Waals surface area contributed by atoms with E-state index in [1.807, 2.05) is 18.2 Å². The molecule has 2 amide bonds. The molecule has 1 aromatic rings. The van der Waals surface area contributed by atoms with Gasteiger partial charge in [0.2, 0.25) is 5.91 Å². The number of carbonyl (C=O) groups is 2. The van der Waals surface area contributed by atoms with Crippen LogP contribution in [0.5, 0.6) is 0 Å². The molecule has 2 aliphatic rings. The number of nitrogens with zero attached hydrogens (tertiary/aromatic N) is 2. The zero-order valence-electron chi connectivity index (χ0n) is 14.7. The molecule has 0 aliphatic carbocycles. The molecule has 2 heterocycles. The molecule has 24 heavy (non-hydrogen) atoms. The number of piperidine rings is 1. The molecule has 0 aromatic heterocycles. The fourth-order valence-electron chi connectivity index (χ4n) is 3.76.